The molecule has 8 heteroatoms. The lowest BCUT2D eigenvalue weighted by atomic mass is 10.1. The molecule has 4 N–H and O–H groups in total. The van der Waals surface area contributed by atoms with Crippen LogP contribution < -0.4 is 16.6 Å². The summed E-state index contributed by atoms with van der Waals surface area (Å²) in [5.74, 6) is 4.71. The average Bonchev–Trinajstić information content (AvgIpc) is 2.47. The fourth-order valence-corrected chi connectivity index (χ4v) is 1.59. The third kappa shape index (κ3) is 2.87. The smallest absolute Gasteiger partial charge is 0.294 e. The van der Waals surface area contributed by atoms with Gasteiger partial charge in [0.15, 0.2) is 0 Å². The Labute approximate surface area is 113 Å². The first-order chi connectivity index (χ1) is 9.61. The first-order valence-electron chi connectivity index (χ1n) is 5.58. The van der Waals surface area contributed by atoms with Crippen LogP contribution in [0.5, 0.6) is 0 Å². The molecular formula is C12H11N5O3. The third-order valence-electron chi connectivity index (χ3n) is 2.53. The van der Waals surface area contributed by atoms with Crippen LogP contribution in [0.1, 0.15) is 10.4 Å². The Bertz CT molecular complexity index is 645. The zero-order valence-electron chi connectivity index (χ0n) is 10.2. The van der Waals surface area contributed by atoms with Gasteiger partial charge in [-0.25, -0.2) is 0 Å². The number of hydrogen-bond donors (Lipinski definition) is 3. The van der Waals surface area contributed by atoms with E-state index >= 15 is 0 Å². The van der Waals surface area contributed by atoms with Gasteiger partial charge in [0.05, 0.1) is 16.8 Å². The van der Waals surface area contributed by atoms with E-state index in [4.69, 9.17) is 5.84 Å². The van der Waals surface area contributed by atoms with Crippen molar-refractivity contribution in [3.8, 4) is 0 Å². The first-order valence-corrected chi connectivity index (χ1v) is 5.58. The molecule has 0 aliphatic heterocycles. The van der Waals surface area contributed by atoms with Gasteiger partial charge < -0.3 is 10.7 Å². The van der Waals surface area contributed by atoms with Gasteiger partial charge in [-0.05, 0) is 24.3 Å². The summed E-state index contributed by atoms with van der Waals surface area (Å²) < 4.78 is 0. The zero-order chi connectivity index (χ0) is 14.5. The molecule has 0 bridgehead atoms. The van der Waals surface area contributed by atoms with Gasteiger partial charge in [-0.1, -0.05) is 0 Å². The SMILES string of the molecule is NNc1ccc(C(=O)Nc2cccnc2)cc1[N+](=O)[O-]. The minimum absolute atomic E-state index is 0.132. The Hall–Kier alpha value is -3.00. The van der Waals surface area contributed by atoms with Crippen molar-refractivity contribution in [3.05, 3.63) is 58.4 Å². The summed E-state index contributed by atoms with van der Waals surface area (Å²) in [4.78, 5) is 26.1. The number of amides is 1. The number of hydrogen-bond acceptors (Lipinski definition) is 6. The number of rotatable bonds is 4. The minimum atomic E-state index is -0.615. The largest absolute Gasteiger partial charge is 0.321 e. The van der Waals surface area contributed by atoms with Crippen LogP contribution in [-0.4, -0.2) is 15.8 Å². The van der Waals surface area contributed by atoms with Gasteiger partial charge in [-0.2, -0.15) is 0 Å². The van der Waals surface area contributed by atoms with E-state index in [-0.39, 0.29) is 16.9 Å². The van der Waals surface area contributed by atoms with E-state index in [1.165, 1.54) is 18.3 Å². The summed E-state index contributed by atoms with van der Waals surface area (Å²) >= 11 is 0. The van der Waals surface area contributed by atoms with E-state index in [0.29, 0.717) is 5.69 Å². The second kappa shape index (κ2) is 5.76. The minimum Gasteiger partial charge on any atom is -0.321 e. The molecule has 102 valence electrons. The lowest BCUT2D eigenvalue weighted by molar-refractivity contribution is -0.384. The maximum Gasteiger partial charge on any atom is 0.294 e. The molecule has 0 unspecified atom stereocenters. The number of benzene rings is 1. The van der Waals surface area contributed by atoms with Gasteiger partial charge in [0, 0.05) is 17.8 Å². The van der Waals surface area contributed by atoms with Crippen LogP contribution in [0, 0.1) is 10.1 Å². The van der Waals surface area contributed by atoms with Crippen LogP contribution in [0.4, 0.5) is 17.1 Å². The Balaban J connectivity index is 2.27. The number of hydrazine groups is 1. The quantitative estimate of drug-likeness (QED) is 0.441. The summed E-state index contributed by atoms with van der Waals surface area (Å²) in [6, 6.07) is 7.29. The molecule has 20 heavy (non-hydrogen) atoms. The van der Waals surface area contributed by atoms with E-state index < -0.39 is 10.8 Å². The Morgan fingerprint density at radius 1 is 1.35 bits per heavy atom. The van der Waals surface area contributed by atoms with Crippen molar-refractivity contribution in [3.63, 3.8) is 0 Å². The monoisotopic (exact) mass is 273 g/mol. The van der Waals surface area contributed by atoms with Crippen molar-refractivity contribution < 1.29 is 9.72 Å². The van der Waals surface area contributed by atoms with E-state index in [1.54, 1.807) is 18.3 Å². The van der Waals surface area contributed by atoms with Crippen LogP contribution in [0.2, 0.25) is 0 Å². The van der Waals surface area contributed by atoms with Crippen LogP contribution in [0.3, 0.4) is 0 Å². The predicted molar refractivity (Wildman–Crippen MR) is 73.1 cm³/mol. The number of nitrogens with two attached hydrogens (primary N) is 1. The molecule has 0 saturated carbocycles. The number of nitrogens with zero attached hydrogens (tertiary/aromatic N) is 2. The van der Waals surface area contributed by atoms with E-state index in [2.05, 4.69) is 15.7 Å². The molecule has 0 aliphatic carbocycles. The molecule has 1 heterocycles. The number of anilines is 2. The van der Waals surface area contributed by atoms with Crippen LogP contribution in [-0.2, 0) is 0 Å². The molecule has 1 amide bonds. The van der Waals surface area contributed by atoms with Gasteiger partial charge in [-0.15, -0.1) is 0 Å². The number of nitro groups is 1. The lowest BCUT2D eigenvalue weighted by Gasteiger charge is -2.06. The Morgan fingerprint density at radius 2 is 2.15 bits per heavy atom. The highest BCUT2D eigenvalue weighted by Crippen LogP contribution is 2.24. The third-order valence-corrected chi connectivity index (χ3v) is 2.53. The normalized spacial score (nSPS) is 9.85. The van der Waals surface area contributed by atoms with Crippen molar-refractivity contribution in [1.82, 2.24) is 4.98 Å². The highest BCUT2D eigenvalue weighted by Gasteiger charge is 2.17. The van der Waals surface area contributed by atoms with Crippen molar-refractivity contribution in [2.45, 2.75) is 0 Å². The molecule has 0 aliphatic rings. The first kappa shape index (κ1) is 13.4. The number of pyridine rings is 1. The second-order valence-electron chi connectivity index (χ2n) is 3.83. The lowest BCUT2D eigenvalue weighted by Crippen LogP contribution is -2.14. The fourth-order valence-electron chi connectivity index (χ4n) is 1.59. The van der Waals surface area contributed by atoms with Gasteiger partial charge in [-0.3, -0.25) is 25.7 Å². The van der Waals surface area contributed by atoms with E-state index in [1.807, 2.05) is 0 Å². The van der Waals surface area contributed by atoms with Crippen molar-refractivity contribution in [1.29, 1.82) is 0 Å². The standard InChI is InChI=1S/C12H11N5O3/c13-16-10-4-3-8(6-11(10)17(19)20)12(18)15-9-2-1-5-14-7-9/h1-7,16H,13H2,(H,15,18). The van der Waals surface area contributed by atoms with E-state index in [0.717, 1.165) is 6.07 Å². The molecule has 0 atom stereocenters. The van der Waals surface area contributed by atoms with Gasteiger partial charge in [0.2, 0.25) is 0 Å². The molecular weight excluding hydrogens is 262 g/mol. The number of carbonyl (C=O) groups excluding carboxylic acids is 1. The molecule has 0 saturated heterocycles. The number of carbonyl (C=O) groups is 1. The summed E-state index contributed by atoms with van der Waals surface area (Å²) in [5.41, 5.74) is 2.72. The topological polar surface area (TPSA) is 123 Å². The van der Waals surface area contributed by atoms with Gasteiger partial charge in [0.25, 0.3) is 11.6 Å². The molecule has 1 aromatic heterocycles. The number of nitrogen functional groups attached to an aromatic ring is 1. The summed E-state index contributed by atoms with van der Waals surface area (Å²) in [6.45, 7) is 0. The maximum atomic E-state index is 12.0. The number of nitrogens with one attached hydrogen (secondary N) is 2. The van der Waals surface area contributed by atoms with Gasteiger partial charge in [0.1, 0.15) is 5.69 Å². The Kier molecular flexibility index (Phi) is 3.87. The Morgan fingerprint density at radius 3 is 2.75 bits per heavy atom. The highest BCUT2D eigenvalue weighted by molar-refractivity contribution is 6.05. The summed E-state index contributed by atoms with van der Waals surface area (Å²) in [5, 5.41) is 13.5. The maximum absolute atomic E-state index is 12.0. The number of nitro benzene ring substituents is 1. The molecule has 1 aromatic carbocycles. The molecule has 2 aromatic rings. The molecule has 0 fully saturated rings. The average molecular weight is 273 g/mol. The molecule has 8 nitrogen and oxygen atoms in total. The molecule has 0 radical (unpaired) electrons. The summed E-state index contributed by atoms with van der Waals surface area (Å²) in [6.07, 6.45) is 3.05. The zero-order valence-corrected chi connectivity index (χ0v) is 10.2. The molecule has 2 rings (SSSR count). The van der Waals surface area contributed by atoms with Crippen molar-refractivity contribution >= 4 is 23.0 Å². The number of aromatic nitrogens is 1. The van der Waals surface area contributed by atoms with Gasteiger partial charge >= 0.3 is 0 Å². The van der Waals surface area contributed by atoms with Crippen molar-refractivity contribution in [2.24, 2.45) is 5.84 Å². The fraction of sp³-hybridized carbons (Fsp3) is 0. The summed E-state index contributed by atoms with van der Waals surface area (Å²) in [7, 11) is 0. The highest BCUT2D eigenvalue weighted by atomic mass is 16.6. The van der Waals surface area contributed by atoms with Crippen molar-refractivity contribution in [2.75, 3.05) is 10.7 Å². The predicted octanol–water partition coefficient (Wildman–Crippen LogP) is 1.53. The van der Waals surface area contributed by atoms with Crippen LogP contribution >= 0.6 is 0 Å². The second-order valence-corrected chi connectivity index (χ2v) is 3.83. The van der Waals surface area contributed by atoms with Crippen LogP contribution in [0.15, 0.2) is 42.7 Å². The van der Waals surface area contributed by atoms with E-state index in [9.17, 15) is 14.9 Å². The molecule has 0 spiro atoms. The van der Waals surface area contributed by atoms with Crippen LogP contribution in [0.25, 0.3) is 0 Å².